The topological polar surface area (TPSA) is 17.8 Å². The quantitative estimate of drug-likeness (QED) is 0.776. The molecule has 1 atom stereocenters. The lowest BCUT2D eigenvalue weighted by molar-refractivity contribution is 0.558. The third kappa shape index (κ3) is 1.83. The number of alkyl halides is 1. The predicted octanol–water partition coefficient (Wildman–Crippen LogP) is 3.59. The van der Waals surface area contributed by atoms with Gasteiger partial charge >= 0.3 is 0 Å². The molecule has 1 aromatic carbocycles. The first-order valence-corrected chi connectivity index (χ1v) is 7.29. The predicted molar refractivity (Wildman–Crippen MR) is 70.2 cm³/mol. The van der Waals surface area contributed by atoms with Gasteiger partial charge in [0.15, 0.2) is 5.82 Å². The third-order valence-electron chi connectivity index (χ3n) is 3.13. The second kappa shape index (κ2) is 4.50. The second-order valence-corrected chi connectivity index (χ2v) is 5.57. The van der Waals surface area contributed by atoms with E-state index < -0.39 is 0 Å². The first kappa shape index (κ1) is 11.4. The van der Waals surface area contributed by atoms with Crippen LogP contribution in [0.1, 0.15) is 18.3 Å². The fourth-order valence-corrected chi connectivity index (χ4v) is 3.74. The van der Waals surface area contributed by atoms with Crippen LogP contribution >= 0.6 is 23.4 Å². The molecular formula is C12H12ClFN2S. The van der Waals surface area contributed by atoms with Crippen LogP contribution < -0.4 is 0 Å². The molecule has 0 aliphatic carbocycles. The van der Waals surface area contributed by atoms with Gasteiger partial charge in [-0.05, 0) is 24.3 Å². The number of imidazole rings is 1. The van der Waals surface area contributed by atoms with Crippen molar-refractivity contribution in [3.8, 4) is 0 Å². The van der Waals surface area contributed by atoms with Crippen molar-refractivity contribution in [2.75, 3.05) is 11.5 Å². The third-order valence-corrected chi connectivity index (χ3v) is 4.52. The summed E-state index contributed by atoms with van der Waals surface area (Å²) >= 11 is 7.85. The number of hydrogen-bond donors (Lipinski definition) is 0. The summed E-state index contributed by atoms with van der Waals surface area (Å²) in [4.78, 5) is 4.32. The molecule has 90 valence electrons. The van der Waals surface area contributed by atoms with E-state index >= 15 is 0 Å². The molecular weight excluding hydrogens is 259 g/mol. The Morgan fingerprint density at radius 3 is 3.12 bits per heavy atom. The molecule has 1 fully saturated rings. The van der Waals surface area contributed by atoms with Crippen LogP contribution in [0.15, 0.2) is 18.2 Å². The summed E-state index contributed by atoms with van der Waals surface area (Å²) in [6.45, 7) is 0. The van der Waals surface area contributed by atoms with Crippen molar-refractivity contribution in [1.82, 2.24) is 9.55 Å². The molecule has 17 heavy (non-hydrogen) atoms. The summed E-state index contributed by atoms with van der Waals surface area (Å²) in [5.74, 6) is 3.06. The molecule has 1 saturated heterocycles. The Hall–Kier alpha value is -0.740. The minimum atomic E-state index is -0.265. The van der Waals surface area contributed by atoms with E-state index in [0.717, 1.165) is 29.3 Å². The smallest absolute Gasteiger partial charge is 0.151 e. The van der Waals surface area contributed by atoms with E-state index in [9.17, 15) is 4.39 Å². The van der Waals surface area contributed by atoms with Gasteiger partial charge in [0.1, 0.15) is 11.3 Å². The summed E-state index contributed by atoms with van der Waals surface area (Å²) < 4.78 is 15.8. The molecule has 5 heteroatoms. The number of rotatable bonds is 2. The lowest BCUT2D eigenvalue weighted by Gasteiger charge is -2.14. The van der Waals surface area contributed by atoms with Gasteiger partial charge in [0, 0.05) is 11.8 Å². The Balaban J connectivity index is 2.22. The lowest BCUT2D eigenvalue weighted by Crippen LogP contribution is -2.10. The van der Waals surface area contributed by atoms with E-state index in [1.807, 2.05) is 17.8 Å². The van der Waals surface area contributed by atoms with Crippen molar-refractivity contribution in [1.29, 1.82) is 0 Å². The van der Waals surface area contributed by atoms with E-state index in [-0.39, 0.29) is 5.82 Å². The van der Waals surface area contributed by atoms with Crippen LogP contribution in [0.4, 0.5) is 4.39 Å². The highest BCUT2D eigenvalue weighted by Gasteiger charge is 2.23. The normalized spacial score (nSPS) is 20.2. The van der Waals surface area contributed by atoms with Crippen LogP contribution in [0.3, 0.4) is 0 Å². The van der Waals surface area contributed by atoms with Gasteiger partial charge in [-0.25, -0.2) is 9.37 Å². The first-order chi connectivity index (χ1) is 8.31. The van der Waals surface area contributed by atoms with E-state index in [1.54, 1.807) is 6.07 Å². The maximum Gasteiger partial charge on any atom is 0.151 e. The minimum Gasteiger partial charge on any atom is -0.323 e. The van der Waals surface area contributed by atoms with E-state index in [4.69, 9.17) is 11.6 Å². The summed E-state index contributed by atoms with van der Waals surface area (Å²) in [6, 6.07) is 5.50. The molecule has 1 aliphatic heterocycles. The molecule has 0 amide bonds. The molecule has 0 N–H and O–H groups in total. The fourth-order valence-electron chi connectivity index (χ4n) is 2.36. The highest BCUT2D eigenvalue weighted by atomic mass is 35.5. The zero-order valence-corrected chi connectivity index (χ0v) is 10.8. The number of aromatic nitrogens is 2. The van der Waals surface area contributed by atoms with Gasteiger partial charge in [-0.2, -0.15) is 11.8 Å². The van der Waals surface area contributed by atoms with Crippen molar-refractivity contribution in [3.05, 3.63) is 29.8 Å². The summed E-state index contributed by atoms with van der Waals surface area (Å²) in [5.41, 5.74) is 1.31. The lowest BCUT2D eigenvalue weighted by atomic mass is 10.2. The van der Waals surface area contributed by atoms with Crippen LogP contribution in [0.2, 0.25) is 0 Å². The zero-order valence-electron chi connectivity index (χ0n) is 9.20. The van der Waals surface area contributed by atoms with Gasteiger partial charge in [-0.15, -0.1) is 11.6 Å². The summed E-state index contributed by atoms with van der Waals surface area (Å²) in [6.07, 6.45) is 1.11. The highest BCUT2D eigenvalue weighted by Crippen LogP contribution is 2.33. The molecule has 0 saturated carbocycles. The first-order valence-electron chi connectivity index (χ1n) is 5.60. The van der Waals surface area contributed by atoms with Crippen LogP contribution in [0.5, 0.6) is 0 Å². The maximum absolute atomic E-state index is 13.7. The van der Waals surface area contributed by atoms with Gasteiger partial charge < -0.3 is 4.57 Å². The van der Waals surface area contributed by atoms with E-state index in [2.05, 4.69) is 9.55 Å². The number of hydrogen-bond acceptors (Lipinski definition) is 2. The number of benzene rings is 1. The average molecular weight is 271 g/mol. The Morgan fingerprint density at radius 1 is 1.53 bits per heavy atom. The maximum atomic E-state index is 13.7. The number of nitrogens with zero attached hydrogens (tertiary/aromatic N) is 2. The van der Waals surface area contributed by atoms with Crippen molar-refractivity contribution < 1.29 is 4.39 Å². The molecule has 2 heterocycles. The Bertz CT molecular complexity index is 549. The molecule has 2 nitrogen and oxygen atoms in total. The number of halogens is 2. The van der Waals surface area contributed by atoms with Gasteiger partial charge in [0.25, 0.3) is 0 Å². The minimum absolute atomic E-state index is 0.265. The SMILES string of the molecule is Fc1cccc2c1nc(CCl)n2C1CCSC1. The van der Waals surface area contributed by atoms with E-state index in [1.165, 1.54) is 6.07 Å². The number of thioether (sulfide) groups is 1. The van der Waals surface area contributed by atoms with Crippen molar-refractivity contribution in [2.24, 2.45) is 0 Å². The van der Waals surface area contributed by atoms with Crippen LogP contribution in [-0.2, 0) is 5.88 Å². The number of fused-ring (bicyclic) bond motifs is 1. The van der Waals surface area contributed by atoms with Crippen molar-refractivity contribution in [2.45, 2.75) is 18.3 Å². The molecule has 3 rings (SSSR count). The summed E-state index contributed by atoms with van der Waals surface area (Å²) in [7, 11) is 0. The van der Waals surface area contributed by atoms with Gasteiger partial charge in [-0.1, -0.05) is 6.07 Å². The molecule has 0 radical (unpaired) electrons. The fraction of sp³-hybridized carbons (Fsp3) is 0.417. The average Bonchev–Trinajstić information content (AvgIpc) is 2.94. The van der Waals surface area contributed by atoms with E-state index in [0.29, 0.717) is 17.4 Å². The molecule has 0 bridgehead atoms. The zero-order chi connectivity index (χ0) is 11.8. The monoisotopic (exact) mass is 270 g/mol. The van der Waals surface area contributed by atoms with Crippen LogP contribution in [0.25, 0.3) is 11.0 Å². The largest absolute Gasteiger partial charge is 0.323 e. The Kier molecular flexibility index (Phi) is 3.01. The molecule has 1 aliphatic rings. The molecule has 0 spiro atoms. The summed E-state index contributed by atoms with van der Waals surface area (Å²) in [5, 5.41) is 0. The van der Waals surface area contributed by atoms with Gasteiger partial charge in [-0.3, -0.25) is 0 Å². The Morgan fingerprint density at radius 2 is 2.41 bits per heavy atom. The van der Waals surface area contributed by atoms with Crippen LogP contribution in [-0.4, -0.2) is 21.1 Å². The molecule has 2 aromatic rings. The van der Waals surface area contributed by atoms with Gasteiger partial charge in [0.2, 0.25) is 0 Å². The standard InChI is InChI=1S/C12H12ClFN2S/c13-6-11-15-12-9(14)2-1-3-10(12)16(11)8-4-5-17-7-8/h1-3,8H,4-7H2. The van der Waals surface area contributed by atoms with Crippen LogP contribution in [0, 0.1) is 5.82 Å². The van der Waals surface area contributed by atoms with Crippen molar-refractivity contribution in [3.63, 3.8) is 0 Å². The second-order valence-electron chi connectivity index (χ2n) is 4.16. The molecule has 1 aromatic heterocycles. The van der Waals surface area contributed by atoms with Crippen molar-refractivity contribution >= 4 is 34.4 Å². The Labute approximate surface area is 108 Å². The number of para-hydroxylation sites is 1. The van der Waals surface area contributed by atoms with Gasteiger partial charge in [0.05, 0.1) is 11.4 Å². The molecule has 1 unspecified atom stereocenters. The highest BCUT2D eigenvalue weighted by molar-refractivity contribution is 7.99.